The summed E-state index contributed by atoms with van der Waals surface area (Å²) in [5, 5.41) is 12.2. The molecule has 0 spiro atoms. The lowest BCUT2D eigenvalue weighted by Crippen LogP contribution is -2.14. The van der Waals surface area contributed by atoms with Crippen LogP contribution in [0.15, 0.2) is 33.7 Å². The highest BCUT2D eigenvalue weighted by Crippen LogP contribution is 2.20. The van der Waals surface area contributed by atoms with Crippen LogP contribution in [0.3, 0.4) is 0 Å². The predicted octanol–water partition coefficient (Wildman–Crippen LogP) is 1.27. The second-order valence-corrected chi connectivity index (χ2v) is 5.69. The quantitative estimate of drug-likeness (QED) is 0.833. The van der Waals surface area contributed by atoms with Crippen molar-refractivity contribution in [3.63, 3.8) is 0 Å². The molecule has 0 saturated carbocycles. The van der Waals surface area contributed by atoms with E-state index in [4.69, 9.17) is 9.63 Å². The molecular formula is C13H11FN2O4S. The highest BCUT2D eigenvalue weighted by molar-refractivity contribution is 7.92. The first-order valence-electron chi connectivity index (χ1n) is 5.78. The molecule has 0 radical (unpaired) electrons. The maximum Gasteiger partial charge on any atom is 0.265 e. The van der Waals surface area contributed by atoms with E-state index in [-0.39, 0.29) is 16.3 Å². The fourth-order valence-corrected chi connectivity index (χ4v) is 2.69. The van der Waals surface area contributed by atoms with E-state index in [1.807, 2.05) is 0 Å². The van der Waals surface area contributed by atoms with Gasteiger partial charge < -0.3 is 9.63 Å². The van der Waals surface area contributed by atoms with Crippen molar-refractivity contribution in [2.24, 2.45) is 0 Å². The molecule has 0 bridgehead atoms. The lowest BCUT2D eigenvalue weighted by Gasteiger charge is -2.07. The van der Waals surface area contributed by atoms with E-state index in [0.29, 0.717) is 5.69 Å². The Morgan fingerprint density at radius 3 is 2.81 bits per heavy atom. The van der Waals surface area contributed by atoms with Gasteiger partial charge in [0.05, 0.1) is 5.69 Å². The number of aliphatic hydroxyl groups excluding tert-OH is 1. The van der Waals surface area contributed by atoms with Crippen molar-refractivity contribution in [1.29, 1.82) is 0 Å². The average molecular weight is 310 g/mol. The molecular weight excluding hydrogens is 299 g/mol. The molecule has 0 saturated heterocycles. The van der Waals surface area contributed by atoms with E-state index in [2.05, 4.69) is 21.7 Å². The molecule has 110 valence electrons. The van der Waals surface area contributed by atoms with Gasteiger partial charge in [-0.2, -0.15) is 0 Å². The standard InChI is InChI=1S/C13H11FN2O4S/c1-9-7-13(20-15-9)16-21(18,19)12-5-4-11(14)8-10(12)3-2-6-17/h4-5,7-8,16-17H,6H2,1H3. The normalized spacial score (nSPS) is 10.8. The van der Waals surface area contributed by atoms with Crippen LogP contribution in [0.1, 0.15) is 11.3 Å². The summed E-state index contributed by atoms with van der Waals surface area (Å²) in [6, 6.07) is 4.47. The third kappa shape index (κ3) is 3.59. The number of nitrogens with zero attached hydrogens (tertiary/aromatic N) is 1. The van der Waals surface area contributed by atoms with Crippen LogP contribution in [0.5, 0.6) is 0 Å². The van der Waals surface area contributed by atoms with Gasteiger partial charge in [-0.15, -0.1) is 0 Å². The number of aliphatic hydroxyl groups is 1. The third-order valence-corrected chi connectivity index (χ3v) is 3.80. The molecule has 1 heterocycles. The second kappa shape index (κ2) is 5.95. The van der Waals surface area contributed by atoms with Crippen molar-refractivity contribution in [1.82, 2.24) is 5.16 Å². The molecule has 0 atom stereocenters. The number of hydrogen-bond acceptors (Lipinski definition) is 5. The zero-order valence-corrected chi connectivity index (χ0v) is 11.7. The first-order valence-corrected chi connectivity index (χ1v) is 7.26. The minimum absolute atomic E-state index is 0.0575. The summed E-state index contributed by atoms with van der Waals surface area (Å²) in [5.41, 5.74) is 0.444. The zero-order valence-electron chi connectivity index (χ0n) is 10.9. The van der Waals surface area contributed by atoms with Gasteiger partial charge in [0.15, 0.2) is 0 Å². The molecule has 0 unspecified atom stereocenters. The van der Waals surface area contributed by atoms with Crippen molar-refractivity contribution >= 4 is 15.9 Å². The molecule has 1 aromatic carbocycles. The van der Waals surface area contributed by atoms with E-state index in [9.17, 15) is 12.8 Å². The van der Waals surface area contributed by atoms with Gasteiger partial charge in [0.25, 0.3) is 10.0 Å². The summed E-state index contributed by atoms with van der Waals surface area (Å²) in [6.45, 7) is 1.17. The van der Waals surface area contributed by atoms with E-state index < -0.39 is 22.4 Å². The Labute approximate surface area is 120 Å². The highest BCUT2D eigenvalue weighted by atomic mass is 32.2. The summed E-state index contributed by atoms with van der Waals surface area (Å²) in [4.78, 5) is -0.223. The molecule has 6 nitrogen and oxygen atoms in total. The smallest absolute Gasteiger partial charge is 0.265 e. The maximum absolute atomic E-state index is 13.2. The molecule has 21 heavy (non-hydrogen) atoms. The van der Waals surface area contributed by atoms with Crippen LogP contribution in [-0.4, -0.2) is 25.3 Å². The largest absolute Gasteiger partial charge is 0.384 e. The van der Waals surface area contributed by atoms with Gasteiger partial charge in [-0.05, 0) is 25.1 Å². The maximum atomic E-state index is 13.2. The fourth-order valence-electron chi connectivity index (χ4n) is 1.57. The number of aryl methyl sites for hydroxylation is 1. The summed E-state index contributed by atoms with van der Waals surface area (Å²) in [7, 11) is -4.01. The molecule has 0 amide bonds. The number of sulfonamides is 1. The number of nitrogens with one attached hydrogen (secondary N) is 1. The van der Waals surface area contributed by atoms with Crippen LogP contribution < -0.4 is 4.72 Å². The number of rotatable bonds is 3. The van der Waals surface area contributed by atoms with E-state index in [0.717, 1.165) is 18.2 Å². The number of halogens is 1. The predicted molar refractivity (Wildman–Crippen MR) is 72.4 cm³/mol. The van der Waals surface area contributed by atoms with Gasteiger partial charge in [0.1, 0.15) is 17.3 Å². The van der Waals surface area contributed by atoms with Crippen molar-refractivity contribution in [3.05, 3.63) is 41.3 Å². The van der Waals surface area contributed by atoms with Crippen molar-refractivity contribution in [2.75, 3.05) is 11.3 Å². The third-order valence-electron chi connectivity index (χ3n) is 2.40. The van der Waals surface area contributed by atoms with Crippen LogP contribution in [0.4, 0.5) is 10.3 Å². The first kappa shape index (κ1) is 15.0. The Hall–Kier alpha value is -2.37. The SMILES string of the molecule is Cc1cc(NS(=O)(=O)c2ccc(F)cc2C#CCO)on1. The molecule has 0 aliphatic carbocycles. The van der Waals surface area contributed by atoms with Crippen LogP contribution in [0, 0.1) is 24.6 Å². The van der Waals surface area contributed by atoms with Crippen molar-refractivity contribution in [2.45, 2.75) is 11.8 Å². The first-order chi connectivity index (χ1) is 9.92. The summed E-state index contributed by atoms with van der Waals surface area (Å²) >= 11 is 0. The van der Waals surface area contributed by atoms with Crippen molar-refractivity contribution in [3.8, 4) is 11.8 Å². The molecule has 1 aromatic heterocycles. The molecule has 2 rings (SSSR count). The Bertz CT molecular complexity index is 818. The minimum atomic E-state index is -4.01. The topological polar surface area (TPSA) is 92.4 Å². The Morgan fingerprint density at radius 2 is 2.19 bits per heavy atom. The van der Waals surface area contributed by atoms with Crippen LogP contribution in [-0.2, 0) is 10.0 Å². The number of aromatic nitrogens is 1. The van der Waals surface area contributed by atoms with Gasteiger partial charge in [-0.25, -0.2) is 17.5 Å². The number of hydrogen-bond donors (Lipinski definition) is 2. The minimum Gasteiger partial charge on any atom is -0.384 e. The second-order valence-electron chi connectivity index (χ2n) is 4.04. The van der Waals surface area contributed by atoms with Gasteiger partial charge in [-0.3, -0.25) is 0 Å². The molecule has 2 aromatic rings. The molecule has 2 N–H and O–H groups in total. The highest BCUT2D eigenvalue weighted by Gasteiger charge is 2.20. The summed E-state index contributed by atoms with van der Waals surface area (Å²) in [6.07, 6.45) is 0. The number of anilines is 1. The lowest BCUT2D eigenvalue weighted by atomic mass is 10.2. The molecule has 0 aliphatic rings. The Kier molecular flexibility index (Phi) is 4.26. The lowest BCUT2D eigenvalue weighted by molar-refractivity contribution is 0.350. The summed E-state index contributed by atoms with van der Waals surface area (Å²) in [5.74, 6) is 3.99. The van der Waals surface area contributed by atoms with E-state index in [1.165, 1.54) is 6.07 Å². The van der Waals surface area contributed by atoms with Crippen LogP contribution >= 0.6 is 0 Å². The number of benzene rings is 1. The molecule has 0 aliphatic heterocycles. The van der Waals surface area contributed by atoms with E-state index >= 15 is 0 Å². The van der Waals surface area contributed by atoms with Gasteiger partial charge in [-0.1, -0.05) is 17.0 Å². The van der Waals surface area contributed by atoms with Crippen LogP contribution in [0.25, 0.3) is 0 Å². The van der Waals surface area contributed by atoms with E-state index in [1.54, 1.807) is 6.92 Å². The monoisotopic (exact) mass is 310 g/mol. The Balaban J connectivity index is 2.44. The van der Waals surface area contributed by atoms with Gasteiger partial charge >= 0.3 is 0 Å². The molecule has 0 fully saturated rings. The van der Waals surface area contributed by atoms with Crippen LogP contribution in [0.2, 0.25) is 0 Å². The van der Waals surface area contributed by atoms with Crippen molar-refractivity contribution < 1.29 is 22.4 Å². The van der Waals surface area contributed by atoms with Gasteiger partial charge in [0.2, 0.25) is 5.88 Å². The Morgan fingerprint density at radius 1 is 1.43 bits per heavy atom. The zero-order chi connectivity index (χ0) is 15.5. The average Bonchev–Trinajstić information content (AvgIpc) is 2.80. The van der Waals surface area contributed by atoms with Gasteiger partial charge in [0, 0.05) is 11.6 Å². The molecule has 8 heteroatoms. The fraction of sp³-hybridized carbons (Fsp3) is 0.154. The summed E-state index contributed by atoms with van der Waals surface area (Å²) < 4.78 is 44.7.